The molecule has 114 valence electrons. The van der Waals surface area contributed by atoms with Gasteiger partial charge in [0.15, 0.2) is 0 Å². The fourth-order valence-electron chi connectivity index (χ4n) is 3.11. The molecule has 0 saturated carbocycles. The number of hydrogen-bond donors (Lipinski definition) is 1. The number of rotatable bonds is 3. The molecule has 0 bridgehead atoms. The van der Waals surface area contributed by atoms with Crippen molar-refractivity contribution >= 4 is 23.1 Å². The lowest BCUT2D eigenvalue weighted by molar-refractivity contribution is 0.749. The predicted molar refractivity (Wildman–Crippen MR) is 93.5 cm³/mol. The topological polar surface area (TPSA) is 41.1 Å². The summed E-state index contributed by atoms with van der Waals surface area (Å²) in [6, 6.07) is 20.9. The van der Waals surface area contributed by atoms with Crippen LogP contribution in [0, 0.1) is 0 Å². The van der Waals surface area contributed by atoms with E-state index in [9.17, 15) is 0 Å². The van der Waals surface area contributed by atoms with Crippen LogP contribution in [-0.4, -0.2) is 16.0 Å². The maximum Gasteiger partial charge on any atom is 0.229 e. The molecule has 4 heteroatoms. The molecular weight excluding hydrogens is 284 g/mol. The lowest BCUT2D eigenvalue weighted by Crippen LogP contribution is -2.25. The van der Waals surface area contributed by atoms with Gasteiger partial charge < -0.3 is 10.2 Å². The minimum Gasteiger partial charge on any atom is -0.324 e. The van der Waals surface area contributed by atoms with E-state index in [-0.39, 0.29) is 0 Å². The van der Waals surface area contributed by atoms with Gasteiger partial charge in [0.2, 0.25) is 5.95 Å². The van der Waals surface area contributed by atoms with Crippen LogP contribution in [0.3, 0.4) is 0 Å². The summed E-state index contributed by atoms with van der Waals surface area (Å²) in [5.41, 5.74) is 3.60. The van der Waals surface area contributed by atoms with Crippen LogP contribution in [0.1, 0.15) is 12.5 Å². The first-order valence-corrected chi connectivity index (χ1v) is 7.83. The summed E-state index contributed by atoms with van der Waals surface area (Å²) in [7, 11) is 0. The Bertz CT molecular complexity index is 816. The maximum atomic E-state index is 4.70. The van der Waals surface area contributed by atoms with Gasteiger partial charge >= 0.3 is 0 Å². The first kappa shape index (κ1) is 13.8. The first-order chi connectivity index (χ1) is 11.3. The van der Waals surface area contributed by atoms with Crippen molar-refractivity contribution in [3.05, 3.63) is 72.4 Å². The van der Waals surface area contributed by atoms with Crippen molar-refractivity contribution in [3.63, 3.8) is 0 Å². The normalized spacial score (nSPS) is 16.2. The molecule has 0 radical (unpaired) electrons. The quantitative estimate of drug-likeness (QED) is 0.783. The average molecular weight is 302 g/mol. The van der Waals surface area contributed by atoms with Crippen molar-refractivity contribution in [2.45, 2.75) is 19.4 Å². The van der Waals surface area contributed by atoms with Gasteiger partial charge in [-0.15, -0.1) is 0 Å². The Labute approximate surface area is 135 Å². The Morgan fingerprint density at radius 3 is 2.65 bits per heavy atom. The van der Waals surface area contributed by atoms with E-state index in [1.165, 1.54) is 11.3 Å². The van der Waals surface area contributed by atoms with Crippen LogP contribution in [0.4, 0.5) is 23.1 Å². The number of benzene rings is 2. The fraction of sp³-hybridized carbons (Fsp3) is 0.158. The van der Waals surface area contributed by atoms with Gasteiger partial charge in [-0.1, -0.05) is 36.4 Å². The van der Waals surface area contributed by atoms with Gasteiger partial charge in [0.25, 0.3) is 0 Å². The fourth-order valence-corrected chi connectivity index (χ4v) is 3.11. The lowest BCUT2D eigenvalue weighted by Gasteiger charge is -2.24. The van der Waals surface area contributed by atoms with Gasteiger partial charge in [0, 0.05) is 23.6 Å². The summed E-state index contributed by atoms with van der Waals surface area (Å²) in [5.74, 6) is 1.54. The molecule has 1 aromatic heterocycles. The highest BCUT2D eigenvalue weighted by Crippen LogP contribution is 2.37. The molecule has 1 unspecified atom stereocenters. The lowest BCUT2D eigenvalue weighted by atomic mass is 10.1. The van der Waals surface area contributed by atoms with Crippen molar-refractivity contribution in [2.75, 3.05) is 10.2 Å². The molecule has 23 heavy (non-hydrogen) atoms. The molecule has 0 amide bonds. The van der Waals surface area contributed by atoms with Crippen molar-refractivity contribution in [3.8, 4) is 0 Å². The van der Waals surface area contributed by atoms with Gasteiger partial charge in [-0.25, -0.2) is 4.98 Å². The number of aromatic nitrogens is 2. The zero-order chi connectivity index (χ0) is 15.6. The molecule has 0 saturated heterocycles. The summed E-state index contributed by atoms with van der Waals surface area (Å²) in [4.78, 5) is 11.3. The van der Waals surface area contributed by atoms with Crippen LogP contribution >= 0.6 is 0 Å². The first-order valence-electron chi connectivity index (χ1n) is 7.83. The van der Waals surface area contributed by atoms with E-state index in [1.807, 2.05) is 36.4 Å². The number of nitrogens with one attached hydrogen (secondary N) is 1. The van der Waals surface area contributed by atoms with Gasteiger partial charge in [-0.05, 0) is 43.2 Å². The molecule has 0 spiro atoms. The second kappa shape index (κ2) is 5.72. The number of anilines is 4. The van der Waals surface area contributed by atoms with E-state index < -0.39 is 0 Å². The minimum absolute atomic E-state index is 0.395. The van der Waals surface area contributed by atoms with E-state index >= 15 is 0 Å². The molecule has 0 aliphatic carbocycles. The highest BCUT2D eigenvalue weighted by molar-refractivity contribution is 5.69. The van der Waals surface area contributed by atoms with Crippen LogP contribution in [0.2, 0.25) is 0 Å². The maximum absolute atomic E-state index is 4.70. The number of hydrogen-bond acceptors (Lipinski definition) is 4. The van der Waals surface area contributed by atoms with Crippen molar-refractivity contribution < 1.29 is 0 Å². The Morgan fingerprint density at radius 2 is 1.78 bits per heavy atom. The molecule has 1 atom stereocenters. The summed E-state index contributed by atoms with van der Waals surface area (Å²) in [5, 5.41) is 3.26. The second-order valence-corrected chi connectivity index (χ2v) is 5.78. The van der Waals surface area contributed by atoms with E-state index in [0.29, 0.717) is 12.0 Å². The molecule has 2 aromatic carbocycles. The van der Waals surface area contributed by atoms with E-state index in [1.54, 1.807) is 6.20 Å². The number of fused-ring (bicyclic) bond motifs is 1. The highest BCUT2D eigenvalue weighted by Gasteiger charge is 2.27. The molecule has 4 rings (SSSR count). The second-order valence-electron chi connectivity index (χ2n) is 5.78. The largest absolute Gasteiger partial charge is 0.324 e. The zero-order valence-electron chi connectivity index (χ0n) is 13.0. The molecule has 1 aliphatic heterocycles. The smallest absolute Gasteiger partial charge is 0.229 e. The van der Waals surface area contributed by atoms with Gasteiger partial charge in [0.05, 0.1) is 0 Å². The monoisotopic (exact) mass is 302 g/mol. The summed E-state index contributed by atoms with van der Waals surface area (Å²) in [6.07, 6.45) is 2.85. The molecule has 2 heterocycles. The molecule has 3 aromatic rings. The van der Waals surface area contributed by atoms with Crippen LogP contribution in [0.5, 0.6) is 0 Å². The van der Waals surface area contributed by atoms with E-state index in [4.69, 9.17) is 4.98 Å². The standard InChI is InChI=1S/C19H18N4/c1-14-13-15-7-5-6-10-17(15)23(14)18-11-12-20-19(22-18)21-16-8-3-2-4-9-16/h2-12,14H,13H2,1H3,(H,20,21,22). The molecular formula is C19H18N4. The highest BCUT2D eigenvalue weighted by atomic mass is 15.3. The van der Waals surface area contributed by atoms with Crippen molar-refractivity contribution in [1.82, 2.24) is 9.97 Å². The Morgan fingerprint density at radius 1 is 1.00 bits per heavy atom. The predicted octanol–water partition coefficient (Wildman–Crippen LogP) is 4.30. The average Bonchev–Trinajstić information content (AvgIpc) is 2.92. The summed E-state index contributed by atoms with van der Waals surface area (Å²) >= 11 is 0. The van der Waals surface area contributed by atoms with Crippen molar-refractivity contribution in [1.29, 1.82) is 0 Å². The SMILES string of the molecule is CC1Cc2ccccc2N1c1ccnc(Nc2ccccc2)n1. The van der Waals surface area contributed by atoms with Gasteiger partial charge in [0.1, 0.15) is 5.82 Å². The third-order valence-corrected chi connectivity index (χ3v) is 4.12. The molecule has 1 N–H and O–H groups in total. The Kier molecular flexibility index (Phi) is 3.42. The third kappa shape index (κ3) is 2.63. The molecule has 4 nitrogen and oxygen atoms in total. The van der Waals surface area contributed by atoms with Crippen molar-refractivity contribution in [2.24, 2.45) is 0 Å². The number of para-hydroxylation sites is 2. The summed E-state index contributed by atoms with van der Waals surface area (Å²) in [6.45, 7) is 2.23. The Hall–Kier alpha value is -2.88. The van der Waals surface area contributed by atoms with Crippen LogP contribution in [-0.2, 0) is 6.42 Å². The minimum atomic E-state index is 0.395. The van der Waals surface area contributed by atoms with Crippen LogP contribution in [0.15, 0.2) is 66.9 Å². The van der Waals surface area contributed by atoms with Crippen LogP contribution < -0.4 is 10.2 Å². The van der Waals surface area contributed by atoms with Gasteiger partial charge in [-0.2, -0.15) is 4.98 Å². The van der Waals surface area contributed by atoms with Gasteiger partial charge in [-0.3, -0.25) is 0 Å². The summed E-state index contributed by atoms with van der Waals surface area (Å²) < 4.78 is 0. The van der Waals surface area contributed by atoms with E-state index in [2.05, 4.69) is 46.4 Å². The molecule has 0 fully saturated rings. The molecule has 1 aliphatic rings. The van der Waals surface area contributed by atoms with Crippen LogP contribution in [0.25, 0.3) is 0 Å². The zero-order valence-corrected chi connectivity index (χ0v) is 13.0. The van der Waals surface area contributed by atoms with E-state index in [0.717, 1.165) is 17.9 Å². The number of nitrogens with zero attached hydrogens (tertiary/aromatic N) is 3. The Balaban J connectivity index is 1.67. The third-order valence-electron chi connectivity index (χ3n) is 4.12.